The number of ether oxygens (including phenoxy) is 1. The normalized spacial score (nSPS) is 21.3. The highest BCUT2D eigenvalue weighted by Crippen LogP contribution is 2.55. The predicted octanol–water partition coefficient (Wildman–Crippen LogP) is 5.52. The minimum absolute atomic E-state index is 0.380. The van der Waals surface area contributed by atoms with Crippen molar-refractivity contribution in [2.75, 3.05) is 4.90 Å². The number of imide groups is 1. The summed E-state index contributed by atoms with van der Waals surface area (Å²) in [5.74, 6) is -0.939. The quantitative estimate of drug-likeness (QED) is 0.507. The zero-order valence-corrected chi connectivity index (χ0v) is 19.0. The van der Waals surface area contributed by atoms with Gasteiger partial charge in [-0.3, -0.25) is 4.79 Å². The summed E-state index contributed by atoms with van der Waals surface area (Å²) in [6, 6.07) is 22.0. The van der Waals surface area contributed by atoms with E-state index >= 15 is 0 Å². The molecule has 3 aromatic rings. The minimum atomic E-state index is -1.47. The molecule has 0 fully saturated rings. The second kappa shape index (κ2) is 7.80. The molecule has 2 atom stereocenters. The van der Waals surface area contributed by atoms with Crippen LogP contribution in [-0.2, 0) is 19.8 Å². The van der Waals surface area contributed by atoms with Crippen LogP contribution in [0.1, 0.15) is 43.6 Å². The first-order chi connectivity index (χ1) is 16.2. The van der Waals surface area contributed by atoms with Crippen LogP contribution in [0.3, 0.4) is 0 Å². The van der Waals surface area contributed by atoms with Crippen LogP contribution in [0.5, 0.6) is 0 Å². The third-order valence-corrected chi connectivity index (χ3v) is 5.92. The fourth-order valence-electron chi connectivity index (χ4n) is 4.58. The Bertz CT molecular complexity index is 1300. The first-order valence-electron chi connectivity index (χ1n) is 11.0. The summed E-state index contributed by atoms with van der Waals surface area (Å²) < 4.78 is 19.3. The van der Waals surface area contributed by atoms with Crippen molar-refractivity contribution in [3.05, 3.63) is 101 Å². The van der Waals surface area contributed by atoms with Crippen LogP contribution in [0.25, 0.3) is 0 Å². The van der Waals surface area contributed by atoms with Crippen molar-refractivity contribution < 1.29 is 23.6 Å². The number of nitrogens with zero attached hydrogens (tertiary/aromatic N) is 2. The van der Waals surface area contributed by atoms with Crippen molar-refractivity contribution in [1.29, 1.82) is 0 Å². The van der Waals surface area contributed by atoms with Gasteiger partial charge in [-0.15, -0.1) is 0 Å². The Labute approximate surface area is 196 Å². The van der Waals surface area contributed by atoms with Crippen LogP contribution in [0.15, 0.2) is 84.0 Å². The van der Waals surface area contributed by atoms with E-state index in [-0.39, 0.29) is 0 Å². The smallest absolute Gasteiger partial charge is 0.421 e. The molecule has 3 aromatic carbocycles. The average Bonchev–Trinajstić information content (AvgIpc) is 3.32. The fraction of sp³-hybridized carbons (Fsp3) is 0.222. The highest BCUT2D eigenvalue weighted by Gasteiger charge is 2.65. The lowest BCUT2D eigenvalue weighted by Crippen LogP contribution is -2.50. The number of para-hydroxylation sites is 1. The van der Waals surface area contributed by atoms with Gasteiger partial charge >= 0.3 is 6.09 Å². The number of carbonyl (C=O) groups is 2. The van der Waals surface area contributed by atoms with E-state index in [2.05, 4.69) is 5.16 Å². The third-order valence-electron chi connectivity index (χ3n) is 5.92. The lowest BCUT2D eigenvalue weighted by Gasteiger charge is -2.30. The highest BCUT2D eigenvalue weighted by molar-refractivity contribution is 6.34. The Morgan fingerprint density at radius 2 is 1.65 bits per heavy atom. The van der Waals surface area contributed by atoms with Crippen molar-refractivity contribution in [3.63, 3.8) is 0 Å². The number of carbonyl (C=O) groups excluding carboxylic acids is 2. The molecule has 2 unspecified atom stereocenters. The van der Waals surface area contributed by atoms with Crippen molar-refractivity contribution in [3.8, 4) is 0 Å². The largest absolute Gasteiger partial charge is 0.443 e. The highest BCUT2D eigenvalue weighted by atomic mass is 19.1. The Hall–Kier alpha value is -4.00. The summed E-state index contributed by atoms with van der Waals surface area (Å²) in [6.45, 7) is 5.22. The number of benzene rings is 3. The number of amides is 2. The van der Waals surface area contributed by atoms with E-state index in [1.54, 1.807) is 57.2 Å². The molecule has 0 aromatic heterocycles. The number of oxime groups is 1. The van der Waals surface area contributed by atoms with E-state index in [0.717, 1.165) is 4.90 Å². The molecule has 0 aliphatic carbocycles. The van der Waals surface area contributed by atoms with Gasteiger partial charge in [0.2, 0.25) is 0 Å². The molecule has 0 N–H and O–H groups in total. The van der Waals surface area contributed by atoms with Crippen LogP contribution >= 0.6 is 0 Å². The number of hydrogen-bond acceptors (Lipinski definition) is 5. The lowest BCUT2D eigenvalue weighted by atomic mass is 9.69. The monoisotopic (exact) mass is 458 g/mol. The maximum absolute atomic E-state index is 14.3. The van der Waals surface area contributed by atoms with Crippen LogP contribution in [0.4, 0.5) is 14.9 Å². The molecule has 6 nitrogen and oxygen atoms in total. The molecule has 2 amide bonds. The third kappa shape index (κ3) is 3.27. The van der Waals surface area contributed by atoms with Gasteiger partial charge in [-0.1, -0.05) is 65.8 Å². The Balaban J connectivity index is 1.74. The molecule has 0 saturated carbocycles. The molecular formula is C27H23FN2O4. The predicted molar refractivity (Wildman–Crippen MR) is 125 cm³/mol. The molecule has 0 bridgehead atoms. The van der Waals surface area contributed by atoms with Crippen molar-refractivity contribution >= 4 is 23.4 Å². The molecule has 0 radical (unpaired) electrons. The standard InChI is InChI=1S/C27H23FN2O4/c1-26(2,3)33-25(32)30-21-12-8-7-11-20(21)27(24(30)31)22(17-9-5-4-6-10-17)29-34-23(27)18-13-15-19(28)16-14-18/h4-16,23H,1-3H3. The van der Waals surface area contributed by atoms with Gasteiger partial charge in [0.05, 0.1) is 5.69 Å². The maximum Gasteiger partial charge on any atom is 0.421 e. The summed E-state index contributed by atoms with van der Waals surface area (Å²) >= 11 is 0. The van der Waals surface area contributed by atoms with E-state index < -0.39 is 34.9 Å². The Morgan fingerprint density at radius 3 is 2.32 bits per heavy atom. The van der Waals surface area contributed by atoms with Gasteiger partial charge in [-0.25, -0.2) is 14.1 Å². The molecule has 1 spiro atoms. The summed E-state index contributed by atoms with van der Waals surface area (Å²) in [5, 5.41) is 4.36. The maximum atomic E-state index is 14.3. The molecule has 172 valence electrons. The molecule has 0 saturated heterocycles. The number of rotatable bonds is 2. The van der Waals surface area contributed by atoms with Crippen LogP contribution in [0, 0.1) is 5.82 Å². The van der Waals surface area contributed by atoms with Crippen LogP contribution in [-0.4, -0.2) is 23.3 Å². The van der Waals surface area contributed by atoms with E-state index in [9.17, 15) is 14.0 Å². The zero-order valence-electron chi connectivity index (χ0n) is 19.0. The van der Waals surface area contributed by atoms with E-state index in [0.29, 0.717) is 28.1 Å². The summed E-state index contributed by atoms with van der Waals surface area (Å²) in [7, 11) is 0. The number of anilines is 1. The molecular weight excluding hydrogens is 435 g/mol. The van der Waals surface area contributed by atoms with Crippen LogP contribution < -0.4 is 4.90 Å². The van der Waals surface area contributed by atoms with E-state index in [1.807, 2.05) is 30.3 Å². The van der Waals surface area contributed by atoms with Gasteiger partial charge in [0.1, 0.15) is 17.1 Å². The van der Waals surface area contributed by atoms with Gasteiger partial charge in [0.15, 0.2) is 11.5 Å². The summed E-state index contributed by atoms with van der Waals surface area (Å²) in [6.07, 6.45) is -1.69. The second-order valence-electron chi connectivity index (χ2n) is 9.29. The SMILES string of the molecule is CC(C)(C)OC(=O)N1C(=O)C2(C(c3ccccc3)=NOC2c2ccc(F)cc2)c2ccccc21. The minimum Gasteiger partial charge on any atom is -0.443 e. The van der Waals surface area contributed by atoms with Crippen molar-refractivity contribution in [1.82, 2.24) is 0 Å². The topological polar surface area (TPSA) is 68.2 Å². The van der Waals surface area contributed by atoms with Crippen LogP contribution in [0.2, 0.25) is 0 Å². The van der Waals surface area contributed by atoms with Gasteiger partial charge in [0.25, 0.3) is 5.91 Å². The molecule has 2 aliphatic heterocycles. The first kappa shape index (κ1) is 21.8. The van der Waals surface area contributed by atoms with Gasteiger partial charge < -0.3 is 9.57 Å². The molecule has 34 heavy (non-hydrogen) atoms. The Morgan fingerprint density at radius 1 is 1.00 bits per heavy atom. The summed E-state index contributed by atoms with van der Waals surface area (Å²) in [5.41, 5.74) is 0.328. The second-order valence-corrected chi connectivity index (χ2v) is 9.29. The molecule has 2 heterocycles. The van der Waals surface area contributed by atoms with Gasteiger partial charge in [0, 0.05) is 11.1 Å². The molecule has 5 rings (SSSR count). The van der Waals surface area contributed by atoms with E-state index in [1.165, 1.54) is 12.1 Å². The Kier molecular flexibility index (Phi) is 5.01. The van der Waals surface area contributed by atoms with Crippen molar-refractivity contribution in [2.45, 2.75) is 37.9 Å². The van der Waals surface area contributed by atoms with Gasteiger partial charge in [-0.2, -0.15) is 0 Å². The summed E-state index contributed by atoms with van der Waals surface area (Å²) in [4.78, 5) is 34.6. The fourth-order valence-corrected chi connectivity index (χ4v) is 4.58. The van der Waals surface area contributed by atoms with Gasteiger partial charge in [-0.05, 0) is 44.5 Å². The van der Waals surface area contributed by atoms with Crippen molar-refractivity contribution in [2.24, 2.45) is 5.16 Å². The number of hydrogen-bond donors (Lipinski definition) is 0. The zero-order chi connectivity index (χ0) is 24.1. The average molecular weight is 458 g/mol. The number of fused-ring (bicyclic) bond motifs is 2. The number of halogens is 1. The molecule has 2 aliphatic rings. The lowest BCUT2D eigenvalue weighted by molar-refractivity contribution is -0.124. The molecule has 7 heteroatoms. The first-order valence-corrected chi connectivity index (χ1v) is 11.0. The van der Waals surface area contributed by atoms with E-state index in [4.69, 9.17) is 9.57 Å².